The van der Waals surface area contributed by atoms with Gasteiger partial charge in [-0.05, 0) is 25.2 Å². The van der Waals surface area contributed by atoms with Gasteiger partial charge >= 0.3 is 0 Å². The lowest BCUT2D eigenvalue weighted by atomic mass is 10.0. The largest absolute Gasteiger partial charge is 0.497 e. The van der Waals surface area contributed by atoms with Gasteiger partial charge in [0.1, 0.15) is 17.4 Å². The van der Waals surface area contributed by atoms with Crippen LogP contribution in [0.3, 0.4) is 0 Å². The molecule has 0 N–H and O–H groups in total. The molecule has 0 spiro atoms. The molecule has 3 rings (SSSR count). The van der Waals surface area contributed by atoms with Crippen LogP contribution >= 0.6 is 0 Å². The number of piperidine rings is 1. The minimum atomic E-state index is -3.00. The molecule has 2 heterocycles. The number of hydrogen-bond donors (Lipinski definition) is 0. The Morgan fingerprint density at radius 3 is 2.83 bits per heavy atom. The average Bonchev–Trinajstić information content (AvgIpc) is 2.55. The first-order valence-electron chi connectivity index (χ1n) is 7.55. The number of ether oxygens (including phenoxy) is 2. The molecule has 1 aromatic carbocycles. The van der Waals surface area contributed by atoms with Crippen molar-refractivity contribution in [3.63, 3.8) is 0 Å². The fourth-order valence-corrected chi connectivity index (χ4v) is 2.80. The lowest BCUT2D eigenvalue weighted by Crippen LogP contribution is -2.52. The number of nitrogens with zero attached hydrogens (tertiary/aromatic N) is 3. The Hall–Kier alpha value is -2.46. The van der Waals surface area contributed by atoms with Crippen molar-refractivity contribution in [1.29, 1.82) is 5.26 Å². The molecule has 1 saturated heterocycles. The van der Waals surface area contributed by atoms with Crippen LogP contribution in [-0.4, -0.2) is 49.2 Å². The number of halogens is 2. The van der Waals surface area contributed by atoms with Crippen molar-refractivity contribution in [2.24, 2.45) is 0 Å². The van der Waals surface area contributed by atoms with E-state index >= 15 is 0 Å². The summed E-state index contributed by atoms with van der Waals surface area (Å²) >= 11 is 0. The number of hydrogen-bond acceptors (Lipinski definition) is 5. The molecule has 1 fully saturated rings. The van der Waals surface area contributed by atoms with Crippen LogP contribution in [0.1, 0.15) is 12.0 Å². The standard InChI is InChI=1S/C17H17F2N3O2/c1-22-6-5-15(17(18,19)10-22)24-16-12(9-20)7-11-3-4-13(23-2)8-14(11)21-16/h3-4,7-8,15H,5-6,10H2,1-2H3. The number of aromatic nitrogens is 1. The summed E-state index contributed by atoms with van der Waals surface area (Å²) in [4.78, 5) is 5.82. The molecule has 0 aliphatic carbocycles. The van der Waals surface area contributed by atoms with E-state index in [1.165, 1.54) is 7.11 Å². The van der Waals surface area contributed by atoms with E-state index in [4.69, 9.17) is 9.47 Å². The number of pyridine rings is 1. The second-order valence-electron chi connectivity index (χ2n) is 5.91. The van der Waals surface area contributed by atoms with E-state index < -0.39 is 12.0 Å². The molecule has 126 valence electrons. The van der Waals surface area contributed by atoms with Gasteiger partial charge in [-0.15, -0.1) is 0 Å². The normalized spacial score (nSPS) is 20.5. The van der Waals surface area contributed by atoms with Gasteiger partial charge in [-0.1, -0.05) is 0 Å². The molecule has 0 amide bonds. The predicted molar refractivity (Wildman–Crippen MR) is 84.5 cm³/mol. The van der Waals surface area contributed by atoms with Crippen LogP contribution in [0.5, 0.6) is 11.6 Å². The third kappa shape index (κ3) is 3.10. The van der Waals surface area contributed by atoms with Crippen molar-refractivity contribution in [2.75, 3.05) is 27.2 Å². The van der Waals surface area contributed by atoms with Crippen LogP contribution in [-0.2, 0) is 0 Å². The molecule has 0 saturated carbocycles. The Labute approximate surface area is 138 Å². The van der Waals surface area contributed by atoms with Crippen molar-refractivity contribution in [3.05, 3.63) is 29.8 Å². The number of benzene rings is 1. The topological polar surface area (TPSA) is 58.4 Å². The summed E-state index contributed by atoms with van der Waals surface area (Å²) < 4.78 is 39.0. The van der Waals surface area contributed by atoms with E-state index in [2.05, 4.69) is 4.98 Å². The summed E-state index contributed by atoms with van der Waals surface area (Å²) in [6.07, 6.45) is -1.12. The highest BCUT2D eigenvalue weighted by molar-refractivity contribution is 5.82. The van der Waals surface area contributed by atoms with Crippen molar-refractivity contribution in [1.82, 2.24) is 9.88 Å². The molecule has 1 unspecified atom stereocenters. The Bertz CT molecular complexity index is 804. The SMILES string of the molecule is COc1ccc2cc(C#N)c(OC3CCN(C)CC3(F)F)nc2c1. The second kappa shape index (κ2) is 6.21. The van der Waals surface area contributed by atoms with Gasteiger partial charge in [-0.2, -0.15) is 5.26 Å². The zero-order valence-corrected chi connectivity index (χ0v) is 13.4. The molecular formula is C17H17F2N3O2. The van der Waals surface area contributed by atoms with Gasteiger partial charge in [-0.25, -0.2) is 13.8 Å². The molecule has 1 aromatic heterocycles. The van der Waals surface area contributed by atoms with Crippen molar-refractivity contribution in [3.8, 4) is 17.7 Å². The van der Waals surface area contributed by atoms with Crippen LogP contribution < -0.4 is 9.47 Å². The summed E-state index contributed by atoms with van der Waals surface area (Å²) in [6, 6.07) is 8.74. The molecule has 1 aliphatic rings. The van der Waals surface area contributed by atoms with Gasteiger partial charge in [0.2, 0.25) is 5.88 Å². The summed E-state index contributed by atoms with van der Waals surface area (Å²) in [6.45, 7) is 0.129. The van der Waals surface area contributed by atoms with Gasteiger partial charge in [-0.3, -0.25) is 0 Å². The molecule has 5 nitrogen and oxygen atoms in total. The van der Waals surface area contributed by atoms with Crippen molar-refractivity contribution < 1.29 is 18.3 Å². The minimum absolute atomic E-state index is 0.0625. The molecule has 1 atom stereocenters. The second-order valence-corrected chi connectivity index (χ2v) is 5.91. The van der Waals surface area contributed by atoms with E-state index in [1.807, 2.05) is 6.07 Å². The van der Waals surface area contributed by atoms with Crippen LogP contribution in [0, 0.1) is 11.3 Å². The summed E-state index contributed by atoms with van der Waals surface area (Å²) in [5.74, 6) is -2.46. The highest BCUT2D eigenvalue weighted by Gasteiger charge is 2.45. The zero-order chi connectivity index (χ0) is 17.3. The van der Waals surface area contributed by atoms with E-state index in [9.17, 15) is 14.0 Å². The molecule has 1 aliphatic heterocycles. The fraction of sp³-hybridized carbons (Fsp3) is 0.412. The number of fused-ring (bicyclic) bond motifs is 1. The first-order valence-corrected chi connectivity index (χ1v) is 7.55. The summed E-state index contributed by atoms with van der Waals surface area (Å²) in [5.41, 5.74) is 0.669. The number of likely N-dealkylation sites (tertiary alicyclic amines) is 1. The molecule has 24 heavy (non-hydrogen) atoms. The van der Waals surface area contributed by atoms with Crippen LogP contribution in [0.25, 0.3) is 10.9 Å². The number of rotatable bonds is 3. The first-order chi connectivity index (χ1) is 11.4. The maximum Gasteiger partial charge on any atom is 0.296 e. The van der Waals surface area contributed by atoms with E-state index in [1.54, 1.807) is 36.2 Å². The summed E-state index contributed by atoms with van der Waals surface area (Å²) in [7, 11) is 3.17. The highest BCUT2D eigenvalue weighted by atomic mass is 19.3. The number of alkyl halides is 2. The van der Waals surface area contributed by atoms with Gasteiger partial charge in [0.05, 0.1) is 19.2 Å². The van der Waals surface area contributed by atoms with Gasteiger partial charge < -0.3 is 14.4 Å². The average molecular weight is 333 g/mol. The lowest BCUT2D eigenvalue weighted by Gasteiger charge is -2.36. The van der Waals surface area contributed by atoms with Crippen molar-refractivity contribution >= 4 is 10.9 Å². The number of nitriles is 1. The van der Waals surface area contributed by atoms with E-state index in [0.29, 0.717) is 17.8 Å². The molecular weight excluding hydrogens is 316 g/mol. The third-order valence-corrected chi connectivity index (χ3v) is 4.09. The monoisotopic (exact) mass is 333 g/mol. The van der Waals surface area contributed by atoms with Gasteiger partial charge in [0, 0.05) is 24.4 Å². The van der Waals surface area contributed by atoms with Gasteiger partial charge in [0.25, 0.3) is 5.92 Å². The Kier molecular flexibility index (Phi) is 4.24. The zero-order valence-electron chi connectivity index (χ0n) is 13.4. The number of methoxy groups -OCH3 is 1. The summed E-state index contributed by atoms with van der Waals surface area (Å²) in [5, 5.41) is 10.0. The Morgan fingerprint density at radius 2 is 2.17 bits per heavy atom. The molecule has 7 heteroatoms. The molecule has 0 radical (unpaired) electrons. The van der Waals surface area contributed by atoms with Crippen LogP contribution in [0.4, 0.5) is 8.78 Å². The van der Waals surface area contributed by atoms with E-state index in [0.717, 1.165) is 5.39 Å². The molecule has 2 aromatic rings. The van der Waals surface area contributed by atoms with Crippen LogP contribution in [0.2, 0.25) is 0 Å². The lowest BCUT2D eigenvalue weighted by molar-refractivity contribution is -0.136. The first kappa shape index (κ1) is 16.4. The highest BCUT2D eigenvalue weighted by Crippen LogP contribution is 2.32. The molecule has 0 bridgehead atoms. The maximum absolute atomic E-state index is 14.2. The van der Waals surface area contributed by atoms with Gasteiger partial charge in [0.15, 0.2) is 6.10 Å². The van der Waals surface area contributed by atoms with E-state index in [-0.39, 0.29) is 24.4 Å². The smallest absolute Gasteiger partial charge is 0.296 e. The Morgan fingerprint density at radius 1 is 1.38 bits per heavy atom. The Balaban J connectivity index is 1.97. The predicted octanol–water partition coefficient (Wildman–Crippen LogP) is 2.83. The maximum atomic E-state index is 14.2. The quantitative estimate of drug-likeness (QED) is 0.864. The minimum Gasteiger partial charge on any atom is -0.497 e. The third-order valence-electron chi connectivity index (χ3n) is 4.09. The van der Waals surface area contributed by atoms with Crippen molar-refractivity contribution in [2.45, 2.75) is 18.4 Å². The fourth-order valence-electron chi connectivity index (χ4n) is 2.80. The van der Waals surface area contributed by atoms with Crippen LogP contribution in [0.15, 0.2) is 24.3 Å².